The molecule has 0 spiro atoms. The number of nitrogens with zero attached hydrogens (tertiary/aromatic N) is 1. The van der Waals surface area contributed by atoms with E-state index in [0.717, 1.165) is 28.9 Å². The summed E-state index contributed by atoms with van der Waals surface area (Å²) in [6, 6.07) is 28.6. The molecule has 0 saturated heterocycles. The molecule has 0 unspecified atom stereocenters. The highest BCUT2D eigenvalue weighted by Gasteiger charge is 2.27. The van der Waals surface area contributed by atoms with E-state index in [4.69, 9.17) is 4.74 Å². The van der Waals surface area contributed by atoms with E-state index in [-0.39, 0.29) is 11.9 Å². The van der Waals surface area contributed by atoms with Gasteiger partial charge in [-0.2, -0.15) is 0 Å². The zero-order valence-corrected chi connectivity index (χ0v) is 20.1. The number of ether oxygens (including phenoxy) is 1. The molecule has 0 N–H and O–H groups in total. The van der Waals surface area contributed by atoms with Crippen LogP contribution in [0.1, 0.15) is 61.3 Å². The van der Waals surface area contributed by atoms with E-state index in [2.05, 4.69) is 60.7 Å². The Morgan fingerprint density at radius 3 is 2.12 bits per heavy atom. The van der Waals surface area contributed by atoms with Crippen molar-refractivity contribution in [3.05, 3.63) is 108 Å². The smallest absolute Gasteiger partial charge is 0.223 e. The van der Waals surface area contributed by atoms with Crippen LogP contribution < -0.4 is 4.74 Å². The highest BCUT2D eigenvalue weighted by molar-refractivity contribution is 5.77. The molecule has 3 aromatic rings. The Hall–Kier alpha value is -3.33. The minimum absolute atomic E-state index is 0.124. The Morgan fingerprint density at radius 1 is 0.912 bits per heavy atom. The van der Waals surface area contributed by atoms with Crippen LogP contribution in [0.25, 0.3) is 6.08 Å². The van der Waals surface area contributed by atoms with E-state index in [9.17, 15) is 4.79 Å². The van der Waals surface area contributed by atoms with Gasteiger partial charge in [0.1, 0.15) is 5.75 Å². The molecule has 1 amide bonds. The Labute approximate surface area is 204 Å². The van der Waals surface area contributed by atoms with Gasteiger partial charge >= 0.3 is 0 Å². The van der Waals surface area contributed by atoms with Crippen LogP contribution in [0.5, 0.6) is 5.75 Å². The molecule has 3 aromatic carbocycles. The van der Waals surface area contributed by atoms with Crippen molar-refractivity contribution in [3.63, 3.8) is 0 Å². The molecule has 1 saturated carbocycles. The minimum Gasteiger partial charge on any atom is -0.496 e. The predicted molar refractivity (Wildman–Crippen MR) is 140 cm³/mol. The first kappa shape index (κ1) is 23.8. The van der Waals surface area contributed by atoms with Crippen LogP contribution in [0.15, 0.2) is 91.0 Å². The van der Waals surface area contributed by atoms with E-state index < -0.39 is 0 Å². The van der Waals surface area contributed by atoms with Crippen molar-refractivity contribution in [1.29, 1.82) is 0 Å². The zero-order chi connectivity index (χ0) is 23.6. The van der Waals surface area contributed by atoms with Crippen LogP contribution in [-0.2, 0) is 4.79 Å². The summed E-state index contributed by atoms with van der Waals surface area (Å²) in [5.74, 6) is 1.75. The fourth-order valence-corrected chi connectivity index (χ4v) is 5.04. The Balaban J connectivity index is 1.63. The molecule has 1 aliphatic rings. The molecule has 0 heterocycles. The quantitative estimate of drug-likeness (QED) is 0.322. The van der Waals surface area contributed by atoms with E-state index in [1.807, 2.05) is 41.3 Å². The van der Waals surface area contributed by atoms with Gasteiger partial charge in [0.2, 0.25) is 5.91 Å². The second kappa shape index (κ2) is 12.2. The highest BCUT2D eigenvalue weighted by atomic mass is 16.5. The summed E-state index contributed by atoms with van der Waals surface area (Å²) in [6.07, 6.45) is 10.9. The van der Waals surface area contributed by atoms with Gasteiger partial charge in [-0.3, -0.25) is 4.79 Å². The fourth-order valence-electron chi connectivity index (χ4n) is 5.04. The number of benzene rings is 3. The number of amides is 1. The number of hydrogen-bond donors (Lipinski definition) is 0. The lowest BCUT2D eigenvalue weighted by molar-refractivity contribution is -0.132. The van der Waals surface area contributed by atoms with Crippen molar-refractivity contribution in [2.75, 3.05) is 13.7 Å². The van der Waals surface area contributed by atoms with Gasteiger partial charge in [0.25, 0.3) is 0 Å². The predicted octanol–water partition coefficient (Wildman–Crippen LogP) is 7.30. The molecule has 3 nitrogen and oxygen atoms in total. The van der Waals surface area contributed by atoms with Gasteiger partial charge in [0.15, 0.2) is 0 Å². The van der Waals surface area contributed by atoms with Crippen molar-refractivity contribution in [2.24, 2.45) is 5.92 Å². The lowest BCUT2D eigenvalue weighted by Crippen LogP contribution is -2.36. The zero-order valence-electron chi connectivity index (χ0n) is 20.1. The molecule has 0 aromatic heterocycles. The summed E-state index contributed by atoms with van der Waals surface area (Å²) >= 11 is 0. The van der Waals surface area contributed by atoms with Crippen molar-refractivity contribution < 1.29 is 9.53 Å². The normalized spacial score (nSPS) is 14.1. The average molecular weight is 454 g/mol. The average Bonchev–Trinajstić information content (AvgIpc) is 3.42. The monoisotopic (exact) mass is 453 g/mol. The molecule has 0 radical (unpaired) electrons. The topological polar surface area (TPSA) is 29.5 Å². The third kappa shape index (κ3) is 6.17. The van der Waals surface area contributed by atoms with Gasteiger partial charge in [-0.05, 0) is 29.5 Å². The fraction of sp³-hybridized carbons (Fsp3) is 0.323. The SMILES string of the molecule is COc1ccccc1/C=C/CN(C(=O)CCC1CCCC1)C(c1ccccc1)c1ccccc1. The van der Waals surface area contributed by atoms with Crippen molar-refractivity contribution >= 4 is 12.0 Å². The van der Waals surface area contributed by atoms with E-state index in [0.29, 0.717) is 18.9 Å². The summed E-state index contributed by atoms with van der Waals surface area (Å²) in [4.78, 5) is 15.8. The minimum atomic E-state index is -0.124. The molecule has 0 aliphatic heterocycles. The van der Waals surface area contributed by atoms with Gasteiger partial charge in [-0.1, -0.05) is 117 Å². The third-order valence-electron chi connectivity index (χ3n) is 6.84. The summed E-state index contributed by atoms with van der Waals surface area (Å²) < 4.78 is 5.50. The largest absolute Gasteiger partial charge is 0.496 e. The summed E-state index contributed by atoms with van der Waals surface area (Å²) in [7, 11) is 1.69. The van der Waals surface area contributed by atoms with Gasteiger partial charge < -0.3 is 9.64 Å². The van der Waals surface area contributed by atoms with Crippen molar-refractivity contribution in [3.8, 4) is 5.75 Å². The second-order valence-electron chi connectivity index (χ2n) is 9.10. The molecular weight excluding hydrogens is 418 g/mol. The number of carbonyl (C=O) groups excluding carboxylic acids is 1. The number of hydrogen-bond acceptors (Lipinski definition) is 2. The Kier molecular flexibility index (Phi) is 8.56. The molecule has 1 aliphatic carbocycles. The maximum atomic E-state index is 13.7. The molecule has 1 fully saturated rings. The van der Waals surface area contributed by atoms with Gasteiger partial charge in [-0.25, -0.2) is 0 Å². The van der Waals surface area contributed by atoms with Crippen LogP contribution in [0.2, 0.25) is 0 Å². The first-order valence-corrected chi connectivity index (χ1v) is 12.4. The first-order valence-electron chi connectivity index (χ1n) is 12.4. The first-order chi connectivity index (χ1) is 16.8. The Morgan fingerprint density at radius 2 is 1.50 bits per heavy atom. The van der Waals surface area contributed by atoms with Gasteiger partial charge in [-0.15, -0.1) is 0 Å². The van der Waals surface area contributed by atoms with Crippen LogP contribution in [0.3, 0.4) is 0 Å². The standard InChI is InChI=1S/C31H35NO2/c1-34-29-21-11-10-15-26(29)20-12-24-32(30(33)23-22-25-13-8-9-14-25)31(27-16-4-2-5-17-27)28-18-6-3-7-19-28/h2-7,10-12,15-21,25,31H,8-9,13-14,22-24H2,1H3/b20-12+. The highest BCUT2D eigenvalue weighted by Crippen LogP contribution is 2.32. The molecule has 34 heavy (non-hydrogen) atoms. The summed E-state index contributed by atoms with van der Waals surface area (Å²) in [6.45, 7) is 0.538. The van der Waals surface area contributed by atoms with Gasteiger partial charge in [0.05, 0.1) is 13.2 Å². The molecule has 3 heteroatoms. The lowest BCUT2D eigenvalue weighted by atomic mass is 9.95. The third-order valence-corrected chi connectivity index (χ3v) is 6.84. The molecule has 0 atom stereocenters. The number of carbonyl (C=O) groups is 1. The van der Waals surface area contributed by atoms with Crippen molar-refractivity contribution in [1.82, 2.24) is 4.90 Å². The molecule has 4 rings (SSSR count). The maximum Gasteiger partial charge on any atom is 0.223 e. The molecule has 176 valence electrons. The van der Waals surface area contributed by atoms with Crippen LogP contribution in [-0.4, -0.2) is 24.5 Å². The van der Waals surface area contributed by atoms with Crippen LogP contribution in [0, 0.1) is 5.92 Å². The second-order valence-corrected chi connectivity index (χ2v) is 9.10. The van der Waals surface area contributed by atoms with Crippen LogP contribution >= 0.6 is 0 Å². The Bertz CT molecular complexity index is 1020. The molecule has 0 bridgehead atoms. The molecular formula is C31H35NO2. The van der Waals surface area contributed by atoms with E-state index in [1.54, 1.807) is 7.11 Å². The summed E-state index contributed by atoms with van der Waals surface area (Å²) in [5.41, 5.74) is 3.28. The van der Waals surface area contributed by atoms with E-state index in [1.165, 1.54) is 25.7 Å². The summed E-state index contributed by atoms with van der Waals surface area (Å²) in [5, 5.41) is 0. The van der Waals surface area contributed by atoms with E-state index >= 15 is 0 Å². The number of para-hydroxylation sites is 1. The van der Waals surface area contributed by atoms with Crippen LogP contribution in [0.4, 0.5) is 0 Å². The van der Waals surface area contributed by atoms with Crippen molar-refractivity contribution in [2.45, 2.75) is 44.6 Å². The number of rotatable bonds is 10. The lowest BCUT2D eigenvalue weighted by Gasteiger charge is -2.32. The maximum absolute atomic E-state index is 13.7. The number of methoxy groups -OCH3 is 1. The van der Waals surface area contributed by atoms with Gasteiger partial charge in [0, 0.05) is 18.5 Å².